The van der Waals surface area contributed by atoms with Crippen LogP contribution in [0, 0.1) is 6.92 Å². The zero-order valence-electron chi connectivity index (χ0n) is 12.1. The molecule has 0 saturated carbocycles. The number of hydrogen-bond donors (Lipinski definition) is 1. The molecule has 0 aliphatic carbocycles. The first kappa shape index (κ1) is 14.8. The summed E-state index contributed by atoms with van der Waals surface area (Å²) in [4.78, 5) is 30.5. The molecule has 1 amide bonds. The summed E-state index contributed by atoms with van der Waals surface area (Å²) in [7, 11) is 0. The number of hydrogen-bond acceptors (Lipinski definition) is 5. The number of likely N-dealkylation sites (tertiary alicyclic amines) is 1. The Hall–Kier alpha value is -2.15. The summed E-state index contributed by atoms with van der Waals surface area (Å²) < 4.78 is 5.31. The van der Waals surface area contributed by atoms with Crippen molar-refractivity contribution >= 4 is 23.2 Å². The van der Waals surface area contributed by atoms with Gasteiger partial charge in [0.25, 0.3) is 5.91 Å². The van der Waals surface area contributed by atoms with Gasteiger partial charge in [-0.1, -0.05) is 0 Å². The van der Waals surface area contributed by atoms with Crippen LogP contribution in [0.2, 0.25) is 0 Å². The van der Waals surface area contributed by atoms with Crippen molar-refractivity contribution in [1.29, 1.82) is 0 Å². The van der Waals surface area contributed by atoms with Gasteiger partial charge in [-0.25, -0.2) is 4.98 Å². The van der Waals surface area contributed by atoms with E-state index in [-0.39, 0.29) is 18.4 Å². The van der Waals surface area contributed by atoms with E-state index in [4.69, 9.17) is 9.52 Å². The highest BCUT2D eigenvalue weighted by Crippen LogP contribution is 2.30. The Labute approximate surface area is 131 Å². The number of rotatable bonds is 4. The molecule has 2 aromatic heterocycles. The molecule has 1 saturated heterocycles. The number of carboxylic acid groups (broad SMARTS) is 1. The molecular formula is C15H16N2O4S. The Morgan fingerprint density at radius 3 is 3.05 bits per heavy atom. The third kappa shape index (κ3) is 2.76. The standard InChI is InChI=1S/C15H16N2O4S/c1-9-13(16-14(22-9)11-5-3-7-21-11)15(20)17-6-2-4-10(17)8-12(18)19/h3,5,7,10H,2,4,6,8H2,1H3,(H,18,19). The van der Waals surface area contributed by atoms with Gasteiger partial charge in [0.2, 0.25) is 0 Å². The summed E-state index contributed by atoms with van der Waals surface area (Å²) >= 11 is 1.41. The molecule has 1 aliphatic heterocycles. The van der Waals surface area contributed by atoms with E-state index in [0.717, 1.165) is 17.7 Å². The zero-order chi connectivity index (χ0) is 15.7. The van der Waals surface area contributed by atoms with Crippen LogP contribution in [0.1, 0.15) is 34.6 Å². The molecule has 2 aromatic rings. The largest absolute Gasteiger partial charge is 0.481 e. The van der Waals surface area contributed by atoms with Crippen LogP contribution in [0.4, 0.5) is 0 Å². The lowest BCUT2D eigenvalue weighted by atomic mass is 10.1. The first-order valence-corrected chi connectivity index (χ1v) is 7.92. The molecule has 1 N–H and O–H groups in total. The molecule has 22 heavy (non-hydrogen) atoms. The predicted octanol–water partition coefficient (Wildman–Crippen LogP) is 2.79. The van der Waals surface area contributed by atoms with E-state index in [1.54, 1.807) is 23.3 Å². The minimum atomic E-state index is -0.879. The monoisotopic (exact) mass is 320 g/mol. The SMILES string of the molecule is Cc1sc(-c2ccco2)nc1C(=O)N1CCCC1CC(=O)O. The van der Waals surface area contributed by atoms with E-state index in [1.165, 1.54) is 11.3 Å². The number of carbonyl (C=O) groups is 2. The van der Waals surface area contributed by atoms with E-state index in [2.05, 4.69) is 4.98 Å². The molecule has 0 bridgehead atoms. The smallest absolute Gasteiger partial charge is 0.305 e. The van der Waals surface area contributed by atoms with Crippen molar-refractivity contribution in [3.05, 3.63) is 29.0 Å². The van der Waals surface area contributed by atoms with Gasteiger partial charge in [0, 0.05) is 17.5 Å². The van der Waals surface area contributed by atoms with Crippen LogP contribution in [-0.2, 0) is 4.79 Å². The highest BCUT2D eigenvalue weighted by molar-refractivity contribution is 7.15. The van der Waals surface area contributed by atoms with Crippen LogP contribution in [0.3, 0.4) is 0 Å². The fourth-order valence-electron chi connectivity index (χ4n) is 2.75. The van der Waals surface area contributed by atoms with Gasteiger partial charge in [0.1, 0.15) is 5.69 Å². The molecule has 116 valence electrons. The van der Waals surface area contributed by atoms with Gasteiger partial charge in [0.15, 0.2) is 10.8 Å². The molecule has 3 rings (SSSR count). The molecule has 1 aliphatic rings. The predicted molar refractivity (Wildman–Crippen MR) is 80.9 cm³/mol. The topological polar surface area (TPSA) is 83.6 Å². The minimum absolute atomic E-state index is 0.0139. The van der Waals surface area contributed by atoms with Gasteiger partial charge >= 0.3 is 5.97 Å². The van der Waals surface area contributed by atoms with Crippen molar-refractivity contribution in [2.45, 2.75) is 32.2 Å². The lowest BCUT2D eigenvalue weighted by Gasteiger charge is -2.22. The highest BCUT2D eigenvalue weighted by Gasteiger charge is 2.33. The second-order valence-electron chi connectivity index (χ2n) is 5.29. The maximum atomic E-state index is 12.7. The summed E-state index contributed by atoms with van der Waals surface area (Å²) in [6.45, 7) is 2.43. The van der Waals surface area contributed by atoms with Crippen molar-refractivity contribution in [1.82, 2.24) is 9.88 Å². The molecule has 6 nitrogen and oxygen atoms in total. The normalized spacial score (nSPS) is 17.9. The Balaban J connectivity index is 1.84. The summed E-state index contributed by atoms with van der Waals surface area (Å²) in [6.07, 6.45) is 3.11. The van der Waals surface area contributed by atoms with Gasteiger partial charge in [-0.05, 0) is 31.9 Å². The quantitative estimate of drug-likeness (QED) is 0.936. The molecule has 0 aromatic carbocycles. The third-order valence-corrected chi connectivity index (χ3v) is 4.76. The average molecular weight is 320 g/mol. The number of nitrogens with zero attached hydrogens (tertiary/aromatic N) is 2. The van der Waals surface area contributed by atoms with E-state index < -0.39 is 5.97 Å². The lowest BCUT2D eigenvalue weighted by Crippen LogP contribution is -2.37. The first-order chi connectivity index (χ1) is 10.6. The van der Waals surface area contributed by atoms with E-state index in [0.29, 0.717) is 23.0 Å². The van der Waals surface area contributed by atoms with Crippen molar-refractivity contribution in [3.63, 3.8) is 0 Å². The van der Waals surface area contributed by atoms with Crippen LogP contribution in [0.25, 0.3) is 10.8 Å². The first-order valence-electron chi connectivity index (χ1n) is 7.10. The van der Waals surface area contributed by atoms with E-state index in [9.17, 15) is 9.59 Å². The maximum Gasteiger partial charge on any atom is 0.305 e. The number of amides is 1. The molecule has 3 heterocycles. The molecule has 1 unspecified atom stereocenters. The molecule has 0 spiro atoms. The summed E-state index contributed by atoms with van der Waals surface area (Å²) in [5.74, 6) is -0.429. The number of aryl methyl sites for hydroxylation is 1. The Bertz CT molecular complexity index is 692. The average Bonchev–Trinajstić information content (AvgIpc) is 3.16. The Morgan fingerprint density at radius 2 is 2.36 bits per heavy atom. The summed E-state index contributed by atoms with van der Waals surface area (Å²) in [6, 6.07) is 3.34. The fraction of sp³-hybridized carbons (Fsp3) is 0.400. The van der Waals surface area contributed by atoms with Gasteiger partial charge in [-0.2, -0.15) is 0 Å². The maximum absolute atomic E-state index is 12.7. The van der Waals surface area contributed by atoms with Crippen LogP contribution in [0.5, 0.6) is 0 Å². The molecule has 0 radical (unpaired) electrons. The summed E-state index contributed by atoms with van der Waals surface area (Å²) in [5.41, 5.74) is 0.397. The van der Waals surface area contributed by atoms with E-state index >= 15 is 0 Å². The van der Waals surface area contributed by atoms with Gasteiger partial charge in [-0.15, -0.1) is 11.3 Å². The fourth-order valence-corrected chi connectivity index (χ4v) is 3.63. The number of aromatic nitrogens is 1. The van der Waals surface area contributed by atoms with Crippen molar-refractivity contribution in [2.24, 2.45) is 0 Å². The Kier molecular flexibility index (Phi) is 3.98. The Morgan fingerprint density at radius 1 is 1.55 bits per heavy atom. The highest BCUT2D eigenvalue weighted by atomic mass is 32.1. The number of carboxylic acids is 1. The van der Waals surface area contributed by atoms with Crippen molar-refractivity contribution < 1.29 is 19.1 Å². The number of furan rings is 1. The molecule has 7 heteroatoms. The minimum Gasteiger partial charge on any atom is -0.481 e. The van der Waals surface area contributed by atoms with Crippen LogP contribution < -0.4 is 0 Å². The zero-order valence-corrected chi connectivity index (χ0v) is 12.9. The second-order valence-corrected chi connectivity index (χ2v) is 6.50. The second kappa shape index (κ2) is 5.92. The summed E-state index contributed by atoms with van der Waals surface area (Å²) in [5, 5.41) is 9.63. The van der Waals surface area contributed by atoms with E-state index in [1.807, 2.05) is 6.92 Å². The molecule has 1 atom stereocenters. The molecule has 1 fully saturated rings. The van der Waals surface area contributed by atoms with Gasteiger partial charge in [-0.3, -0.25) is 9.59 Å². The van der Waals surface area contributed by atoms with Gasteiger partial charge in [0.05, 0.1) is 12.7 Å². The lowest BCUT2D eigenvalue weighted by molar-refractivity contribution is -0.137. The van der Waals surface area contributed by atoms with Crippen molar-refractivity contribution in [2.75, 3.05) is 6.54 Å². The third-order valence-electron chi connectivity index (χ3n) is 3.78. The number of carbonyl (C=O) groups excluding carboxylic acids is 1. The van der Waals surface area contributed by atoms with Crippen LogP contribution in [-0.4, -0.2) is 39.5 Å². The number of thiazole rings is 1. The van der Waals surface area contributed by atoms with Crippen LogP contribution in [0.15, 0.2) is 22.8 Å². The molecular weight excluding hydrogens is 304 g/mol. The van der Waals surface area contributed by atoms with Crippen LogP contribution >= 0.6 is 11.3 Å². The van der Waals surface area contributed by atoms with Crippen molar-refractivity contribution in [3.8, 4) is 10.8 Å². The van der Waals surface area contributed by atoms with Gasteiger partial charge < -0.3 is 14.4 Å². The number of aliphatic carboxylic acids is 1.